The summed E-state index contributed by atoms with van der Waals surface area (Å²) >= 11 is 0. The molecule has 0 N–H and O–H groups in total. The normalized spacial score (nSPS) is 22.5. The lowest BCUT2D eigenvalue weighted by Crippen LogP contribution is -2.47. The van der Waals surface area contributed by atoms with Gasteiger partial charge in [0, 0.05) is 50.7 Å². The number of hydrogen-bond acceptors (Lipinski definition) is 3. The smallest absolute Gasteiger partial charge is 0.233 e. The molecule has 0 aromatic heterocycles. The molecule has 1 saturated carbocycles. The standard InChI is InChI=1S/C19H23FN2O2.C13H17F2N/c20-15-2-3-16(14-4-10-21(13-23)11-5-14)17(12-15)19(6-7-19)18(24)22-8-1-9-22;1-9(2)16-6-5-10(8-16)12-4-3-11(14)7-13(12)15/h2-3,12-14H,1,4-11H2;3-4,7,9-10H,5-6,8H2,1-2H3/t;10-/m.0/s1. The van der Waals surface area contributed by atoms with Crippen molar-refractivity contribution in [3.8, 4) is 0 Å². The molecule has 2 aromatic rings. The van der Waals surface area contributed by atoms with Crippen molar-refractivity contribution in [3.05, 3.63) is 70.5 Å². The van der Waals surface area contributed by atoms with Gasteiger partial charge in [0.15, 0.2) is 0 Å². The van der Waals surface area contributed by atoms with Gasteiger partial charge in [-0.05, 0) is 99.7 Å². The molecule has 4 fully saturated rings. The number of benzene rings is 2. The van der Waals surface area contributed by atoms with Crippen LogP contribution in [0.4, 0.5) is 13.2 Å². The molecule has 6 rings (SSSR count). The molecule has 40 heavy (non-hydrogen) atoms. The predicted octanol–water partition coefficient (Wildman–Crippen LogP) is 5.59. The van der Waals surface area contributed by atoms with Crippen molar-refractivity contribution in [2.75, 3.05) is 39.3 Å². The Morgan fingerprint density at radius 2 is 1.50 bits per heavy atom. The number of hydrogen-bond donors (Lipinski definition) is 0. The van der Waals surface area contributed by atoms with E-state index in [4.69, 9.17) is 0 Å². The lowest BCUT2D eigenvalue weighted by Gasteiger charge is -2.36. The van der Waals surface area contributed by atoms with Gasteiger partial charge in [-0.15, -0.1) is 0 Å². The zero-order valence-corrected chi connectivity index (χ0v) is 23.6. The monoisotopic (exact) mass is 555 g/mol. The van der Waals surface area contributed by atoms with E-state index < -0.39 is 17.0 Å². The molecular weight excluding hydrogens is 515 g/mol. The second kappa shape index (κ2) is 11.9. The minimum Gasteiger partial charge on any atom is -0.345 e. The number of amides is 2. The Kier molecular flexibility index (Phi) is 8.55. The van der Waals surface area contributed by atoms with Crippen molar-refractivity contribution < 1.29 is 22.8 Å². The van der Waals surface area contributed by atoms with Crippen LogP contribution in [-0.4, -0.2) is 72.3 Å². The Morgan fingerprint density at radius 1 is 0.875 bits per heavy atom. The summed E-state index contributed by atoms with van der Waals surface area (Å²) in [6.07, 6.45) is 6.34. The van der Waals surface area contributed by atoms with E-state index in [0.29, 0.717) is 17.5 Å². The van der Waals surface area contributed by atoms with Gasteiger partial charge in [-0.2, -0.15) is 0 Å². The first-order valence-electron chi connectivity index (χ1n) is 14.7. The molecule has 4 aliphatic rings. The van der Waals surface area contributed by atoms with Crippen molar-refractivity contribution in [3.63, 3.8) is 0 Å². The van der Waals surface area contributed by atoms with E-state index in [1.54, 1.807) is 17.0 Å². The molecule has 0 unspecified atom stereocenters. The molecule has 3 aliphatic heterocycles. The van der Waals surface area contributed by atoms with Crippen LogP contribution < -0.4 is 0 Å². The Labute approximate surface area is 235 Å². The SMILES string of the molecule is CC(C)N1CC[C@H](c2ccc(F)cc2F)C1.O=CN1CCC(c2ccc(F)cc2C2(C(=O)N3CCC3)CC2)CC1. The van der Waals surface area contributed by atoms with Crippen LogP contribution in [-0.2, 0) is 15.0 Å². The average molecular weight is 556 g/mol. The highest BCUT2D eigenvalue weighted by atomic mass is 19.1. The number of likely N-dealkylation sites (tertiary alicyclic amines) is 3. The lowest BCUT2D eigenvalue weighted by atomic mass is 9.80. The summed E-state index contributed by atoms with van der Waals surface area (Å²) in [5, 5.41) is 0. The molecule has 5 nitrogen and oxygen atoms in total. The van der Waals surface area contributed by atoms with E-state index in [2.05, 4.69) is 18.7 Å². The Balaban J connectivity index is 0.000000176. The second-order valence-electron chi connectivity index (χ2n) is 12.1. The van der Waals surface area contributed by atoms with Gasteiger partial charge >= 0.3 is 0 Å². The second-order valence-corrected chi connectivity index (χ2v) is 12.1. The van der Waals surface area contributed by atoms with E-state index in [9.17, 15) is 22.8 Å². The van der Waals surface area contributed by atoms with E-state index in [-0.39, 0.29) is 17.6 Å². The topological polar surface area (TPSA) is 43.9 Å². The summed E-state index contributed by atoms with van der Waals surface area (Å²) in [6.45, 7) is 9.30. The highest BCUT2D eigenvalue weighted by molar-refractivity contribution is 5.92. The molecule has 216 valence electrons. The van der Waals surface area contributed by atoms with Crippen molar-refractivity contribution in [2.24, 2.45) is 0 Å². The number of nitrogens with zero attached hydrogens (tertiary/aromatic N) is 3. The molecule has 0 spiro atoms. The fourth-order valence-electron chi connectivity index (χ4n) is 6.50. The van der Waals surface area contributed by atoms with Gasteiger partial charge in [-0.3, -0.25) is 9.59 Å². The zero-order valence-electron chi connectivity index (χ0n) is 23.6. The van der Waals surface area contributed by atoms with Crippen molar-refractivity contribution in [1.29, 1.82) is 0 Å². The van der Waals surface area contributed by atoms with Gasteiger partial charge in [-0.1, -0.05) is 12.1 Å². The number of rotatable bonds is 6. The molecular formula is C32H40F3N3O2. The molecule has 1 atom stereocenters. The van der Waals surface area contributed by atoms with Crippen LogP contribution in [0.15, 0.2) is 36.4 Å². The van der Waals surface area contributed by atoms with E-state index in [1.165, 1.54) is 12.1 Å². The Hall–Kier alpha value is -2.87. The Morgan fingerprint density at radius 3 is 2.02 bits per heavy atom. The van der Waals surface area contributed by atoms with Gasteiger partial charge in [0.2, 0.25) is 12.3 Å². The van der Waals surface area contributed by atoms with Crippen LogP contribution in [0.25, 0.3) is 0 Å². The van der Waals surface area contributed by atoms with Crippen LogP contribution in [0.5, 0.6) is 0 Å². The quantitative estimate of drug-likeness (QED) is 0.437. The fourth-order valence-corrected chi connectivity index (χ4v) is 6.50. The number of halogens is 3. The third-order valence-corrected chi connectivity index (χ3v) is 9.30. The van der Waals surface area contributed by atoms with Crippen molar-refractivity contribution in [1.82, 2.24) is 14.7 Å². The van der Waals surface area contributed by atoms with Gasteiger partial charge < -0.3 is 14.7 Å². The molecule has 3 heterocycles. The molecule has 2 amide bonds. The van der Waals surface area contributed by atoms with Gasteiger partial charge in [-0.25, -0.2) is 13.2 Å². The van der Waals surface area contributed by atoms with Crippen LogP contribution in [0.1, 0.15) is 80.9 Å². The van der Waals surface area contributed by atoms with Crippen molar-refractivity contribution in [2.45, 2.75) is 75.7 Å². The Bertz CT molecular complexity index is 1220. The first-order valence-corrected chi connectivity index (χ1v) is 14.7. The average Bonchev–Trinajstić information content (AvgIpc) is 3.57. The molecule has 0 radical (unpaired) electrons. The van der Waals surface area contributed by atoms with Gasteiger partial charge in [0.05, 0.1) is 5.41 Å². The van der Waals surface area contributed by atoms with E-state index in [1.807, 2.05) is 11.0 Å². The third kappa shape index (κ3) is 5.92. The van der Waals surface area contributed by atoms with Gasteiger partial charge in [0.1, 0.15) is 17.5 Å². The van der Waals surface area contributed by atoms with E-state index >= 15 is 0 Å². The molecule has 8 heteroatoms. The van der Waals surface area contributed by atoms with Crippen LogP contribution in [0.2, 0.25) is 0 Å². The third-order valence-electron chi connectivity index (χ3n) is 9.30. The minimum atomic E-state index is -0.500. The maximum absolute atomic E-state index is 14.0. The molecule has 0 bridgehead atoms. The highest BCUT2D eigenvalue weighted by Crippen LogP contribution is 2.53. The lowest BCUT2D eigenvalue weighted by molar-refractivity contribution is -0.137. The maximum atomic E-state index is 14.0. The summed E-state index contributed by atoms with van der Waals surface area (Å²) in [4.78, 5) is 29.8. The summed E-state index contributed by atoms with van der Waals surface area (Å²) in [5.41, 5.74) is 2.20. The predicted molar refractivity (Wildman–Crippen MR) is 149 cm³/mol. The number of carbonyl (C=O) groups excluding carboxylic acids is 2. The molecule has 1 aliphatic carbocycles. The van der Waals surface area contributed by atoms with Crippen LogP contribution in [0, 0.1) is 17.5 Å². The minimum absolute atomic E-state index is 0.186. The largest absolute Gasteiger partial charge is 0.345 e. The number of piperidine rings is 1. The van der Waals surface area contributed by atoms with E-state index in [0.717, 1.165) is 101 Å². The first-order chi connectivity index (χ1) is 19.2. The molecule has 2 aromatic carbocycles. The van der Waals surface area contributed by atoms with Gasteiger partial charge in [0.25, 0.3) is 0 Å². The summed E-state index contributed by atoms with van der Waals surface area (Å²) in [5.74, 6) is -0.468. The summed E-state index contributed by atoms with van der Waals surface area (Å²) in [6, 6.07) is 9.37. The summed E-state index contributed by atoms with van der Waals surface area (Å²) in [7, 11) is 0. The zero-order chi connectivity index (χ0) is 28.4. The van der Waals surface area contributed by atoms with Crippen LogP contribution in [0.3, 0.4) is 0 Å². The first kappa shape index (κ1) is 28.7. The maximum Gasteiger partial charge on any atom is 0.233 e. The number of carbonyl (C=O) groups is 2. The fraction of sp³-hybridized carbons (Fsp3) is 0.562. The van der Waals surface area contributed by atoms with Crippen LogP contribution >= 0.6 is 0 Å². The van der Waals surface area contributed by atoms with Crippen molar-refractivity contribution >= 4 is 12.3 Å². The summed E-state index contributed by atoms with van der Waals surface area (Å²) < 4.78 is 40.3. The highest BCUT2D eigenvalue weighted by Gasteiger charge is 2.55. The molecule has 3 saturated heterocycles.